The minimum atomic E-state index is 0.533. The Hall–Kier alpha value is -0.540. The fraction of sp³-hybridized carbons (Fsp3) is 0.444. The molecule has 66 valence electrons. The van der Waals surface area contributed by atoms with Gasteiger partial charge in [-0.2, -0.15) is 11.8 Å². The van der Waals surface area contributed by atoms with Gasteiger partial charge in [-0.25, -0.2) is 0 Å². The number of hydrogen-bond acceptors (Lipinski definition) is 3. The van der Waals surface area contributed by atoms with Crippen molar-refractivity contribution in [2.24, 2.45) is 5.73 Å². The van der Waals surface area contributed by atoms with E-state index in [2.05, 4.69) is 18.0 Å². The molecule has 1 aromatic heterocycles. The van der Waals surface area contributed by atoms with Gasteiger partial charge < -0.3 is 5.73 Å². The zero-order valence-corrected chi connectivity index (χ0v) is 8.05. The molecular formula is C9H14N2S. The largest absolute Gasteiger partial charge is 0.329 e. The lowest BCUT2D eigenvalue weighted by Crippen LogP contribution is -2.12. The highest BCUT2D eigenvalue weighted by molar-refractivity contribution is 7.99. The second kappa shape index (κ2) is 5.17. The highest BCUT2D eigenvalue weighted by Crippen LogP contribution is 2.15. The molecule has 1 heterocycles. The molecule has 2 nitrogen and oxygen atoms in total. The van der Waals surface area contributed by atoms with Crippen LogP contribution in [0, 0.1) is 0 Å². The highest BCUT2D eigenvalue weighted by atomic mass is 32.2. The van der Waals surface area contributed by atoms with Gasteiger partial charge in [-0.1, -0.05) is 13.0 Å². The maximum Gasteiger partial charge on any atom is 0.0308 e. The molecular weight excluding hydrogens is 168 g/mol. The van der Waals surface area contributed by atoms with E-state index in [4.69, 9.17) is 5.73 Å². The van der Waals surface area contributed by atoms with Crippen LogP contribution in [0.25, 0.3) is 0 Å². The smallest absolute Gasteiger partial charge is 0.0308 e. The van der Waals surface area contributed by atoms with E-state index >= 15 is 0 Å². The van der Waals surface area contributed by atoms with Gasteiger partial charge in [0.15, 0.2) is 0 Å². The van der Waals surface area contributed by atoms with Crippen molar-refractivity contribution in [1.29, 1.82) is 0 Å². The molecule has 0 amide bonds. The van der Waals surface area contributed by atoms with Crippen molar-refractivity contribution < 1.29 is 0 Å². The quantitative estimate of drug-likeness (QED) is 0.769. The fourth-order valence-electron chi connectivity index (χ4n) is 0.790. The summed E-state index contributed by atoms with van der Waals surface area (Å²) in [6.45, 7) is 2.88. The number of pyridine rings is 1. The van der Waals surface area contributed by atoms with Crippen molar-refractivity contribution >= 4 is 11.8 Å². The molecule has 0 saturated heterocycles. The summed E-state index contributed by atoms with van der Waals surface area (Å²) >= 11 is 1.86. The minimum Gasteiger partial charge on any atom is -0.329 e. The van der Waals surface area contributed by atoms with Gasteiger partial charge >= 0.3 is 0 Å². The summed E-state index contributed by atoms with van der Waals surface area (Å²) in [5, 5.41) is 0.533. The first kappa shape index (κ1) is 9.55. The summed E-state index contributed by atoms with van der Waals surface area (Å²) in [5.74, 6) is 1.01. The number of nitrogens with zero attached hydrogens (tertiary/aromatic N) is 1. The van der Waals surface area contributed by atoms with E-state index in [0.29, 0.717) is 5.25 Å². The molecule has 0 saturated carbocycles. The first-order valence-corrected chi connectivity index (χ1v) is 5.08. The number of aromatic nitrogens is 1. The Morgan fingerprint density at radius 1 is 1.67 bits per heavy atom. The Morgan fingerprint density at radius 2 is 2.50 bits per heavy atom. The van der Waals surface area contributed by atoms with Gasteiger partial charge in [0.1, 0.15) is 0 Å². The zero-order valence-electron chi connectivity index (χ0n) is 7.23. The molecule has 0 aliphatic rings. The Labute approximate surface area is 77.6 Å². The summed E-state index contributed by atoms with van der Waals surface area (Å²) in [6, 6.07) is 4.05. The van der Waals surface area contributed by atoms with Crippen LogP contribution in [0.4, 0.5) is 0 Å². The minimum absolute atomic E-state index is 0.533. The summed E-state index contributed by atoms with van der Waals surface area (Å²) in [7, 11) is 0. The van der Waals surface area contributed by atoms with Crippen molar-refractivity contribution in [3.05, 3.63) is 30.1 Å². The molecule has 12 heavy (non-hydrogen) atoms. The maximum absolute atomic E-state index is 5.50. The van der Waals surface area contributed by atoms with E-state index in [1.807, 2.05) is 24.0 Å². The van der Waals surface area contributed by atoms with Gasteiger partial charge in [0.05, 0.1) is 0 Å². The molecule has 1 atom stereocenters. The standard InChI is InChI=1S/C9H14N2S/c1-8(5-10)12-7-9-3-2-4-11-6-9/h2-4,6,8H,5,7,10H2,1H3. The van der Waals surface area contributed by atoms with E-state index in [1.165, 1.54) is 5.56 Å². The molecule has 2 N–H and O–H groups in total. The first-order chi connectivity index (χ1) is 5.83. The summed E-state index contributed by atoms with van der Waals surface area (Å²) in [6.07, 6.45) is 3.69. The fourth-order valence-corrected chi connectivity index (χ4v) is 1.57. The molecule has 1 aromatic rings. The van der Waals surface area contributed by atoms with Crippen LogP contribution in [-0.4, -0.2) is 16.8 Å². The van der Waals surface area contributed by atoms with E-state index in [-0.39, 0.29) is 0 Å². The van der Waals surface area contributed by atoms with Gasteiger partial charge in [0.25, 0.3) is 0 Å². The molecule has 0 aliphatic carbocycles. The summed E-state index contributed by atoms with van der Waals surface area (Å²) in [5.41, 5.74) is 6.77. The van der Waals surface area contributed by atoms with E-state index in [1.54, 1.807) is 6.20 Å². The number of thioether (sulfide) groups is 1. The molecule has 0 aromatic carbocycles. The Morgan fingerprint density at radius 3 is 3.08 bits per heavy atom. The number of nitrogens with two attached hydrogens (primary N) is 1. The molecule has 0 fully saturated rings. The monoisotopic (exact) mass is 182 g/mol. The maximum atomic E-state index is 5.50. The van der Waals surface area contributed by atoms with Gasteiger partial charge in [0, 0.05) is 29.9 Å². The van der Waals surface area contributed by atoms with Crippen LogP contribution in [0.5, 0.6) is 0 Å². The molecule has 1 rings (SSSR count). The van der Waals surface area contributed by atoms with Crippen molar-refractivity contribution in [3.8, 4) is 0 Å². The van der Waals surface area contributed by atoms with Crippen LogP contribution in [-0.2, 0) is 5.75 Å². The molecule has 0 radical (unpaired) electrons. The van der Waals surface area contributed by atoms with Crippen LogP contribution in [0.2, 0.25) is 0 Å². The number of rotatable bonds is 4. The van der Waals surface area contributed by atoms with Gasteiger partial charge in [-0.05, 0) is 11.6 Å². The average Bonchev–Trinajstić information content (AvgIpc) is 2.16. The lowest BCUT2D eigenvalue weighted by molar-refractivity contribution is 0.950. The lowest BCUT2D eigenvalue weighted by Gasteiger charge is -2.06. The molecule has 0 spiro atoms. The first-order valence-electron chi connectivity index (χ1n) is 4.03. The normalized spacial score (nSPS) is 12.8. The number of hydrogen-bond donors (Lipinski definition) is 1. The van der Waals surface area contributed by atoms with Crippen LogP contribution in [0.3, 0.4) is 0 Å². The zero-order chi connectivity index (χ0) is 8.81. The molecule has 3 heteroatoms. The van der Waals surface area contributed by atoms with Gasteiger partial charge in [-0.15, -0.1) is 0 Å². The van der Waals surface area contributed by atoms with Crippen molar-refractivity contribution in [3.63, 3.8) is 0 Å². The van der Waals surface area contributed by atoms with Crippen LogP contribution >= 0.6 is 11.8 Å². The SMILES string of the molecule is CC(CN)SCc1cccnc1. The summed E-state index contributed by atoms with van der Waals surface area (Å²) in [4.78, 5) is 4.04. The van der Waals surface area contributed by atoms with Crippen LogP contribution < -0.4 is 5.73 Å². The Kier molecular flexibility index (Phi) is 4.11. The highest BCUT2D eigenvalue weighted by Gasteiger charge is 1.99. The van der Waals surface area contributed by atoms with E-state index in [0.717, 1.165) is 12.3 Å². The van der Waals surface area contributed by atoms with Gasteiger partial charge in [-0.3, -0.25) is 4.98 Å². The predicted octanol–water partition coefficient (Wildman–Crippen LogP) is 1.66. The third-order valence-corrected chi connectivity index (χ3v) is 2.85. The third-order valence-electron chi connectivity index (χ3n) is 1.59. The molecule has 0 bridgehead atoms. The lowest BCUT2D eigenvalue weighted by atomic mass is 10.3. The summed E-state index contributed by atoms with van der Waals surface area (Å²) < 4.78 is 0. The van der Waals surface area contributed by atoms with E-state index in [9.17, 15) is 0 Å². The van der Waals surface area contributed by atoms with Gasteiger partial charge in [0.2, 0.25) is 0 Å². The second-order valence-corrected chi connectivity index (χ2v) is 4.15. The van der Waals surface area contributed by atoms with Crippen molar-refractivity contribution in [1.82, 2.24) is 4.98 Å². The second-order valence-electron chi connectivity index (χ2n) is 2.72. The van der Waals surface area contributed by atoms with Crippen LogP contribution in [0.1, 0.15) is 12.5 Å². The van der Waals surface area contributed by atoms with Crippen molar-refractivity contribution in [2.45, 2.75) is 17.9 Å². The van der Waals surface area contributed by atoms with E-state index < -0.39 is 0 Å². The van der Waals surface area contributed by atoms with Crippen molar-refractivity contribution in [2.75, 3.05) is 6.54 Å². The topological polar surface area (TPSA) is 38.9 Å². The van der Waals surface area contributed by atoms with Crippen LogP contribution in [0.15, 0.2) is 24.5 Å². The third kappa shape index (κ3) is 3.24. The Balaban J connectivity index is 2.33. The molecule has 0 aliphatic heterocycles. The average molecular weight is 182 g/mol. The molecule has 1 unspecified atom stereocenters. The Bertz CT molecular complexity index is 213. The predicted molar refractivity (Wildman–Crippen MR) is 54.0 cm³/mol.